The van der Waals surface area contributed by atoms with Crippen LogP contribution in [0.5, 0.6) is 0 Å². The van der Waals surface area contributed by atoms with Gasteiger partial charge in [-0.15, -0.1) is 0 Å². The van der Waals surface area contributed by atoms with E-state index in [1.807, 2.05) is 60.7 Å². The minimum atomic E-state index is 0.0669. The summed E-state index contributed by atoms with van der Waals surface area (Å²) in [6.07, 6.45) is 0. The smallest absolute Gasteiger partial charge is 0.0468 e. The standard InChI is InChI=1S/C21H17N.C12H11N/c1-21(2)17-9-5-3-7-13(17)15-11-16-14-8-4-6-10-19(14)22-20(16)12-18(15)21;1-3-7-11(8-4-1)13-12-9-5-2-6-10-12/h3-12,22H,1-2H3;1-10,13H. The highest BCUT2D eigenvalue weighted by Gasteiger charge is 2.35. The van der Waals surface area contributed by atoms with Crippen LogP contribution >= 0.6 is 0 Å². The van der Waals surface area contributed by atoms with Gasteiger partial charge in [-0.05, 0) is 64.7 Å². The molecule has 0 radical (unpaired) electrons. The quantitative estimate of drug-likeness (QED) is 0.269. The van der Waals surface area contributed by atoms with Gasteiger partial charge in [-0.2, -0.15) is 0 Å². The Kier molecular flexibility index (Phi) is 5.15. The molecular weight excluding hydrogens is 424 g/mol. The van der Waals surface area contributed by atoms with Gasteiger partial charge < -0.3 is 10.3 Å². The first kappa shape index (κ1) is 21.2. The molecular formula is C33H28N2. The Labute approximate surface area is 206 Å². The highest BCUT2D eigenvalue weighted by atomic mass is 14.9. The number of nitrogens with one attached hydrogen (secondary N) is 2. The maximum atomic E-state index is 3.57. The Balaban J connectivity index is 0.000000151. The highest BCUT2D eigenvalue weighted by molar-refractivity contribution is 6.09. The second-order valence-electron chi connectivity index (χ2n) is 9.64. The third-order valence-corrected chi connectivity index (χ3v) is 7.04. The minimum Gasteiger partial charge on any atom is -0.356 e. The summed E-state index contributed by atoms with van der Waals surface area (Å²) in [6.45, 7) is 4.65. The lowest BCUT2D eigenvalue weighted by molar-refractivity contribution is 0.661. The molecule has 1 aliphatic rings. The van der Waals surface area contributed by atoms with Crippen LogP contribution in [0.15, 0.2) is 121 Å². The fraction of sp³-hybridized carbons (Fsp3) is 0.0909. The fourth-order valence-electron chi connectivity index (χ4n) is 5.26. The average molecular weight is 453 g/mol. The zero-order chi connectivity index (χ0) is 23.8. The van der Waals surface area contributed by atoms with Crippen molar-refractivity contribution in [2.24, 2.45) is 0 Å². The molecule has 2 N–H and O–H groups in total. The summed E-state index contributed by atoms with van der Waals surface area (Å²) in [6, 6.07) is 42.4. The maximum Gasteiger partial charge on any atom is 0.0468 e. The number of H-pyrrole nitrogens is 1. The third kappa shape index (κ3) is 3.77. The molecule has 7 rings (SSSR count). The average Bonchev–Trinajstić information content (AvgIpc) is 3.37. The van der Waals surface area contributed by atoms with Gasteiger partial charge in [0.05, 0.1) is 0 Å². The van der Waals surface area contributed by atoms with Crippen LogP contribution in [0.1, 0.15) is 25.0 Å². The van der Waals surface area contributed by atoms with Gasteiger partial charge in [-0.3, -0.25) is 0 Å². The lowest BCUT2D eigenvalue weighted by Crippen LogP contribution is -2.14. The van der Waals surface area contributed by atoms with Crippen molar-refractivity contribution in [3.8, 4) is 11.1 Å². The highest BCUT2D eigenvalue weighted by Crippen LogP contribution is 2.50. The van der Waals surface area contributed by atoms with Crippen LogP contribution in [-0.4, -0.2) is 4.98 Å². The normalized spacial score (nSPS) is 13.1. The van der Waals surface area contributed by atoms with Crippen molar-refractivity contribution in [1.82, 2.24) is 4.98 Å². The molecule has 0 amide bonds. The van der Waals surface area contributed by atoms with Crippen molar-refractivity contribution in [3.63, 3.8) is 0 Å². The number of aromatic nitrogens is 1. The van der Waals surface area contributed by atoms with E-state index < -0.39 is 0 Å². The molecule has 0 spiro atoms. The monoisotopic (exact) mass is 452 g/mol. The Morgan fingerprint density at radius 1 is 0.514 bits per heavy atom. The van der Waals surface area contributed by atoms with E-state index in [0.717, 1.165) is 11.4 Å². The topological polar surface area (TPSA) is 27.8 Å². The lowest BCUT2D eigenvalue weighted by Gasteiger charge is -2.21. The molecule has 0 aliphatic heterocycles. The van der Waals surface area contributed by atoms with Gasteiger partial charge >= 0.3 is 0 Å². The minimum absolute atomic E-state index is 0.0669. The van der Waals surface area contributed by atoms with Crippen LogP contribution in [-0.2, 0) is 5.41 Å². The second-order valence-corrected chi connectivity index (χ2v) is 9.64. The van der Waals surface area contributed by atoms with Crippen LogP contribution in [0.3, 0.4) is 0 Å². The molecule has 0 bridgehead atoms. The second kappa shape index (κ2) is 8.48. The Morgan fingerprint density at radius 3 is 1.83 bits per heavy atom. The van der Waals surface area contributed by atoms with Crippen molar-refractivity contribution in [2.45, 2.75) is 19.3 Å². The number of hydrogen-bond donors (Lipinski definition) is 2. The van der Waals surface area contributed by atoms with Gasteiger partial charge in [0.25, 0.3) is 0 Å². The van der Waals surface area contributed by atoms with Gasteiger partial charge in [-0.25, -0.2) is 0 Å². The van der Waals surface area contributed by atoms with Crippen molar-refractivity contribution in [1.29, 1.82) is 0 Å². The number of rotatable bonds is 2. The molecule has 0 unspecified atom stereocenters. The molecule has 6 aromatic rings. The summed E-state index contributed by atoms with van der Waals surface area (Å²) >= 11 is 0. The first-order valence-electron chi connectivity index (χ1n) is 12.1. The summed E-state index contributed by atoms with van der Waals surface area (Å²) in [5, 5.41) is 5.93. The number of fused-ring (bicyclic) bond motifs is 6. The Bertz CT molecular complexity index is 1590. The van der Waals surface area contributed by atoms with Gasteiger partial charge in [0, 0.05) is 38.6 Å². The number of para-hydroxylation sites is 3. The van der Waals surface area contributed by atoms with Gasteiger partial charge in [0.2, 0.25) is 0 Å². The molecule has 2 heteroatoms. The van der Waals surface area contributed by atoms with Crippen molar-refractivity contribution >= 4 is 33.2 Å². The van der Waals surface area contributed by atoms with Gasteiger partial charge in [0.1, 0.15) is 0 Å². The van der Waals surface area contributed by atoms with Crippen molar-refractivity contribution in [2.75, 3.05) is 5.32 Å². The summed E-state index contributed by atoms with van der Waals surface area (Å²) in [5.74, 6) is 0. The molecule has 35 heavy (non-hydrogen) atoms. The number of anilines is 2. The van der Waals surface area contributed by atoms with Crippen LogP contribution in [0.2, 0.25) is 0 Å². The number of hydrogen-bond acceptors (Lipinski definition) is 1. The zero-order valence-electron chi connectivity index (χ0n) is 20.0. The third-order valence-electron chi connectivity index (χ3n) is 7.04. The number of benzene rings is 5. The Hall–Kier alpha value is -4.30. The molecule has 0 saturated carbocycles. The fourth-order valence-corrected chi connectivity index (χ4v) is 5.26. The molecule has 0 fully saturated rings. The summed E-state index contributed by atoms with van der Waals surface area (Å²) in [4.78, 5) is 3.57. The first-order valence-corrected chi connectivity index (χ1v) is 12.1. The lowest BCUT2D eigenvalue weighted by atomic mass is 9.82. The summed E-state index contributed by atoms with van der Waals surface area (Å²) < 4.78 is 0. The molecule has 1 heterocycles. The first-order chi connectivity index (χ1) is 17.1. The molecule has 1 aromatic heterocycles. The van der Waals surface area contributed by atoms with E-state index in [0.29, 0.717) is 0 Å². The van der Waals surface area contributed by atoms with Crippen LogP contribution in [0.4, 0.5) is 11.4 Å². The SMILES string of the molecule is CC1(C)c2ccccc2-c2cc3c(cc21)[nH]c1ccccc13.c1ccc(Nc2ccccc2)cc1. The van der Waals surface area contributed by atoms with E-state index in [-0.39, 0.29) is 5.41 Å². The summed E-state index contributed by atoms with van der Waals surface area (Å²) in [7, 11) is 0. The van der Waals surface area contributed by atoms with E-state index in [4.69, 9.17) is 0 Å². The van der Waals surface area contributed by atoms with Crippen molar-refractivity contribution in [3.05, 3.63) is 132 Å². The Morgan fingerprint density at radius 2 is 1.11 bits per heavy atom. The predicted molar refractivity (Wildman–Crippen MR) is 150 cm³/mol. The van der Waals surface area contributed by atoms with Crippen molar-refractivity contribution < 1.29 is 0 Å². The van der Waals surface area contributed by atoms with Crippen LogP contribution < -0.4 is 5.32 Å². The zero-order valence-corrected chi connectivity index (χ0v) is 20.0. The van der Waals surface area contributed by atoms with E-state index in [1.165, 1.54) is 44.1 Å². The van der Waals surface area contributed by atoms with Gasteiger partial charge in [-0.1, -0.05) is 92.7 Å². The summed E-state index contributed by atoms with van der Waals surface area (Å²) in [5.41, 5.74) is 10.4. The molecule has 170 valence electrons. The molecule has 2 nitrogen and oxygen atoms in total. The molecule has 5 aromatic carbocycles. The van der Waals surface area contributed by atoms with Crippen LogP contribution in [0, 0.1) is 0 Å². The van der Waals surface area contributed by atoms with Crippen LogP contribution in [0.25, 0.3) is 32.9 Å². The van der Waals surface area contributed by atoms with E-state index in [1.54, 1.807) is 0 Å². The molecule has 0 saturated heterocycles. The maximum absolute atomic E-state index is 3.57. The van der Waals surface area contributed by atoms with E-state index >= 15 is 0 Å². The predicted octanol–water partition coefficient (Wildman–Crippen LogP) is 9.06. The molecule has 0 atom stereocenters. The van der Waals surface area contributed by atoms with E-state index in [9.17, 15) is 0 Å². The largest absolute Gasteiger partial charge is 0.356 e. The molecule has 1 aliphatic carbocycles. The van der Waals surface area contributed by atoms with Gasteiger partial charge in [0.15, 0.2) is 0 Å². The van der Waals surface area contributed by atoms with E-state index in [2.05, 4.69) is 84.8 Å². The number of aromatic amines is 1.